The summed E-state index contributed by atoms with van der Waals surface area (Å²) in [5, 5.41) is 17.1. The zero-order chi connectivity index (χ0) is 22.0. The Kier molecular flexibility index (Phi) is 6.13. The summed E-state index contributed by atoms with van der Waals surface area (Å²) in [4.78, 5) is 15.6. The van der Waals surface area contributed by atoms with Gasteiger partial charge in [-0.15, -0.1) is 0 Å². The largest absolute Gasteiger partial charge is 0.489 e. The average molecular weight is 442 g/mol. The lowest BCUT2D eigenvalue weighted by Crippen LogP contribution is -2.17. The van der Waals surface area contributed by atoms with Gasteiger partial charge in [-0.05, 0) is 75.6 Å². The predicted molar refractivity (Wildman–Crippen MR) is 118 cm³/mol. The van der Waals surface area contributed by atoms with Gasteiger partial charge < -0.3 is 19.7 Å². The van der Waals surface area contributed by atoms with Gasteiger partial charge in [0.05, 0.1) is 17.0 Å². The van der Waals surface area contributed by atoms with Crippen LogP contribution in [0.2, 0.25) is 5.02 Å². The van der Waals surface area contributed by atoms with E-state index in [2.05, 4.69) is 15.5 Å². The van der Waals surface area contributed by atoms with Crippen molar-refractivity contribution in [2.24, 2.45) is 5.92 Å². The van der Waals surface area contributed by atoms with Gasteiger partial charge in [0.15, 0.2) is 0 Å². The molecule has 0 bridgehead atoms. The topological polar surface area (TPSA) is 97.5 Å². The second-order valence-electron chi connectivity index (χ2n) is 8.00. The Bertz CT molecular complexity index is 1060. The Morgan fingerprint density at radius 2 is 1.94 bits per heavy atom. The summed E-state index contributed by atoms with van der Waals surface area (Å²) in [6, 6.07) is 13.2. The van der Waals surface area contributed by atoms with E-state index < -0.39 is 5.97 Å². The fourth-order valence-corrected chi connectivity index (χ4v) is 3.95. The van der Waals surface area contributed by atoms with Crippen LogP contribution in [0.5, 0.6) is 5.75 Å². The summed E-state index contributed by atoms with van der Waals surface area (Å²) in [7, 11) is 0. The quantitative estimate of drug-likeness (QED) is 0.498. The van der Waals surface area contributed by atoms with Gasteiger partial charge in [0, 0.05) is 22.9 Å². The van der Waals surface area contributed by atoms with Crippen LogP contribution in [0, 0.1) is 5.92 Å². The van der Waals surface area contributed by atoms with Crippen LogP contribution in [-0.2, 0) is 4.79 Å². The summed E-state index contributed by atoms with van der Waals surface area (Å²) >= 11 is 6.31. The third kappa shape index (κ3) is 4.99. The first-order valence-electron chi connectivity index (χ1n) is 10.3. The molecule has 1 aliphatic carbocycles. The van der Waals surface area contributed by atoms with Gasteiger partial charge in [-0.2, -0.15) is 4.98 Å². The van der Waals surface area contributed by atoms with Gasteiger partial charge >= 0.3 is 5.97 Å². The number of hydrogen-bond acceptors (Lipinski definition) is 6. The van der Waals surface area contributed by atoms with Crippen molar-refractivity contribution < 1.29 is 19.2 Å². The summed E-state index contributed by atoms with van der Waals surface area (Å²) in [5.41, 5.74) is 2.48. The van der Waals surface area contributed by atoms with Crippen molar-refractivity contribution >= 4 is 23.3 Å². The van der Waals surface area contributed by atoms with E-state index in [9.17, 15) is 4.79 Å². The number of ether oxygens (including phenoxy) is 1. The van der Waals surface area contributed by atoms with Gasteiger partial charge in [0.2, 0.25) is 5.82 Å². The monoisotopic (exact) mass is 441 g/mol. The fraction of sp³-hybridized carbons (Fsp3) is 0.348. The van der Waals surface area contributed by atoms with Crippen molar-refractivity contribution in [2.75, 3.05) is 5.32 Å². The van der Waals surface area contributed by atoms with Crippen molar-refractivity contribution in [1.29, 1.82) is 0 Å². The van der Waals surface area contributed by atoms with E-state index in [1.807, 2.05) is 44.2 Å². The molecular weight excluding hydrogens is 418 g/mol. The second kappa shape index (κ2) is 8.98. The molecule has 2 atom stereocenters. The number of hydrogen-bond donors (Lipinski definition) is 2. The predicted octanol–water partition coefficient (Wildman–Crippen LogP) is 5.51. The second-order valence-corrected chi connectivity index (χ2v) is 8.41. The normalized spacial score (nSPS) is 18.3. The van der Waals surface area contributed by atoms with E-state index in [1.165, 1.54) is 0 Å². The Balaban J connectivity index is 1.43. The number of benzene rings is 2. The molecule has 162 valence electrons. The molecule has 8 heteroatoms. The number of carboxylic acids is 1. The number of nitrogens with zero attached hydrogens (tertiary/aromatic N) is 2. The molecule has 7 nitrogen and oxygen atoms in total. The molecule has 1 aromatic heterocycles. The number of carbonyl (C=O) groups is 1. The maximum absolute atomic E-state index is 11.1. The van der Waals surface area contributed by atoms with Crippen LogP contribution in [0.3, 0.4) is 0 Å². The molecule has 2 aromatic carbocycles. The number of aromatic nitrogens is 2. The van der Waals surface area contributed by atoms with Crippen LogP contribution in [0.25, 0.3) is 22.8 Å². The minimum atomic E-state index is -0.712. The summed E-state index contributed by atoms with van der Waals surface area (Å²) < 4.78 is 11.1. The number of carboxylic acid groups (broad SMARTS) is 1. The van der Waals surface area contributed by atoms with E-state index in [0.29, 0.717) is 40.9 Å². The van der Waals surface area contributed by atoms with Crippen LogP contribution in [0.4, 0.5) is 5.69 Å². The summed E-state index contributed by atoms with van der Waals surface area (Å²) in [6.45, 7) is 3.88. The Morgan fingerprint density at radius 3 is 2.58 bits per heavy atom. The summed E-state index contributed by atoms with van der Waals surface area (Å²) in [6.07, 6.45) is 2.25. The van der Waals surface area contributed by atoms with Crippen molar-refractivity contribution in [3.05, 3.63) is 47.5 Å². The number of halogens is 1. The molecule has 1 fully saturated rings. The molecule has 0 aliphatic heterocycles. The lowest BCUT2D eigenvalue weighted by Gasteiger charge is -2.14. The van der Waals surface area contributed by atoms with Crippen molar-refractivity contribution in [3.63, 3.8) is 0 Å². The van der Waals surface area contributed by atoms with Crippen LogP contribution in [-0.4, -0.2) is 33.4 Å². The molecule has 3 aromatic rings. The lowest BCUT2D eigenvalue weighted by molar-refractivity contribution is -0.141. The standard InChI is InChI=1S/C23H24ClN3O4/c1-13(2)30-20-10-6-15(12-19(20)24)22-26-21(27-31-22)14-3-7-17(8-4-14)25-18-9-5-16(11-18)23(28)29/h3-4,6-8,10,12-13,16,18,25H,5,9,11H2,1-2H3,(H,28,29). The highest BCUT2D eigenvalue weighted by atomic mass is 35.5. The molecule has 1 heterocycles. The van der Waals surface area contributed by atoms with E-state index >= 15 is 0 Å². The van der Waals surface area contributed by atoms with Crippen molar-refractivity contribution in [3.8, 4) is 28.6 Å². The maximum Gasteiger partial charge on any atom is 0.306 e. The lowest BCUT2D eigenvalue weighted by atomic mass is 10.1. The number of aliphatic carboxylic acids is 1. The molecular formula is C23H24ClN3O4. The average Bonchev–Trinajstić information content (AvgIpc) is 3.40. The third-order valence-corrected chi connectivity index (χ3v) is 5.56. The molecule has 2 unspecified atom stereocenters. The molecule has 31 heavy (non-hydrogen) atoms. The van der Waals surface area contributed by atoms with E-state index in [0.717, 1.165) is 17.7 Å². The molecule has 1 saturated carbocycles. The van der Waals surface area contributed by atoms with Crippen molar-refractivity contribution in [2.45, 2.75) is 45.3 Å². The van der Waals surface area contributed by atoms with Crippen molar-refractivity contribution in [1.82, 2.24) is 10.1 Å². The molecule has 4 rings (SSSR count). The van der Waals surface area contributed by atoms with E-state index in [1.54, 1.807) is 12.1 Å². The van der Waals surface area contributed by atoms with Gasteiger partial charge in [0.25, 0.3) is 5.89 Å². The summed E-state index contributed by atoms with van der Waals surface area (Å²) in [5.74, 6) is 0.498. The SMILES string of the molecule is CC(C)Oc1ccc(-c2nc(-c3ccc(NC4CCC(C(=O)O)C4)cc3)no2)cc1Cl. The fourth-order valence-electron chi connectivity index (χ4n) is 3.73. The number of anilines is 1. The Hall–Kier alpha value is -3.06. The van der Waals surface area contributed by atoms with Gasteiger partial charge in [0.1, 0.15) is 5.75 Å². The highest BCUT2D eigenvalue weighted by Gasteiger charge is 2.29. The molecule has 0 radical (unpaired) electrons. The van der Waals surface area contributed by atoms with E-state index in [-0.39, 0.29) is 18.1 Å². The zero-order valence-corrected chi connectivity index (χ0v) is 18.1. The molecule has 0 amide bonds. The third-order valence-electron chi connectivity index (χ3n) is 5.26. The molecule has 1 aliphatic rings. The van der Waals surface area contributed by atoms with Gasteiger partial charge in [-0.3, -0.25) is 4.79 Å². The first-order chi connectivity index (χ1) is 14.9. The number of nitrogens with one attached hydrogen (secondary N) is 1. The smallest absolute Gasteiger partial charge is 0.306 e. The van der Waals surface area contributed by atoms with Crippen LogP contribution in [0.1, 0.15) is 33.1 Å². The first-order valence-corrected chi connectivity index (χ1v) is 10.7. The Labute approximate surface area is 185 Å². The molecule has 2 N–H and O–H groups in total. The highest BCUT2D eigenvalue weighted by molar-refractivity contribution is 6.32. The zero-order valence-electron chi connectivity index (χ0n) is 17.3. The Morgan fingerprint density at radius 1 is 1.19 bits per heavy atom. The van der Waals surface area contributed by atoms with Crippen LogP contribution < -0.4 is 10.1 Å². The highest BCUT2D eigenvalue weighted by Crippen LogP contribution is 2.32. The maximum atomic E-state index is 11.1. The van der Waals surface area contributed by atoms with Crippen LogP contribution in [0.15, 0.2) is 47.0 Å². The minimum Gasteiger partial charge on any atom is -0.489 e. The van der Waals surface area contributed by atoms with Gasteiger partial charge in [-0.1, -0.05) is 16.8 Å². The molecule has 0 saturated heterocycles. The number of rotatable bonds is 7. The van der Waals surface area contributed by atoms with E-state index in [4.69, 9.17) is 26.0 Å². The van der Waals surface area contributed by atoms with Gasteiger partial charge in [-0.25, -0.2) is 0 Å². The first kappa shape index (κ1) is 21.2. The molecule has 0 spiro atoms. The van der Waals surface area contributed by atoms with Crippen LogP contribution >= 0.6 is 11.6 Å². The minimum absolute atomic E-state index is 0.0306.